The third-order valence-corrected chi connectivity index (χ3v) is 2.17. The van der Waals surface area contributed by atoms with Crippen molar-refractivity contribution in [1.29, 1.82) is 0 Å². The van der Waals surface area contributed by atoms with Gasteiger partial charge in [0.2, 0.25) is 0 Å². The van der Waals surface area contributed by atoms with Crippen LogP contribution in [-0.2, 0) is 16.8 Å². The molecule has 1 atom stereocenters. The predicted octanol–water partition coefficient (Wildman–Crippen LogP) is 1.04. The van der Waals surface area contributed by atoms with Crippen LogP contribution in [0.2, 0.25) is 0 Å². The third-order valence-electron chi connectivity index (χ3n) is 1.61. The van der Waals surface area contributed by atoms with E-state index in [4.69, 9.17) is 10.3 Å². The zero-order valence-electron chi connectivity index (χ0n) is 7.57. The number of nitrogens with one attached hydrogen (secondary N) is 1. The van der Waals surface area contributed by atoms with Gasteiger partial charge in [-0.1, -0.05) is 6.07 Å². The molecule has 0 radical (unpaired) electrons. The summed E-state index contributed by atoms with van der Waals surface area (Å²) in [6, 6.07) is 2.63. The molecule has 0 fully saturated rings. The Balaban J connectivity index is 3.02. The Kier molecular flexibility index (Phi) is 3.75. The van der Waals surface area contributed by atoms with E-state index in [1.165, 1.54) is 6.07 Å². The van der Waals surface area contributed by atoms with Crippen LogP contribution < -0.4 is 11.1 Å². The molecule has 0 saturated carbocycles. The molecule has 4 N–H and O–H groups in total. The molecule has 15 heavy (non-hydrogen) atoms. The predicted molar refractivity (Wildman–Crippen MR) is 54.1 cm³/mol. The Morgan fingerprint density at radius 3 is 2.80 bits per heavy atom. The quantitative estimate of drug-likeness (QED) is 0.680. The highest BCUT2D eigenvalue weighted by atomic mass is 32.2. The second kappa shape index (κ2) is 4.85. The van der Waals surface area contributed by atoms with Crippen molar-refractivity contribution in [2.24, 2.45) is 5.73 Å². The van der Waals surface area contributed by atoms with Gasteiger partial charge in [0.05, 0.1) is 5.75 Å². The van der Waals surface area contributed by atoms with Gasteiger partial charge in [0.1, 0.15) is 5.82 Å². The first-order chi connectivity index (χ1) is 6.99. The summed E-state index contributed by atoms with van der Waals surface area (Å²) in [6.45, 7) is 0. The van der Waals surface area contributed by atoms with Crippen LogP contribution in [0.25, 0.3) is 0 Å². The van der Waals surface area contributed by atoms with Crippen LogP contribution in [0.1, 0.15) is 5.56 Å². The molecule has 0 aliphatic carbocycles. The van der Waals surface area contributed by atoms with Crippen molar-refractivity contribution >= 4 is 22.8 Å². The number of carbonyl (C=O) groups is 1. The highest BCUT2D eigenvalue weighted by Gasteiger charge is 2.08. The van der Waals surface area contributed by atoms with Crippen molar-refractivity contribution in [2.45, 2.75) is 5.75 Å². The molecule has 0 spiro atoms. The van der Waals surface area contributed by atoms with E-state index >= 15 is 0 Å². The lowest BCUT2D eigenvalue weighted by Gasteiger charge is -2.07. The molecule has 5 nitrogen and oxygen atoms in total. The topological polar surface area (TPSA) is 92.4 Å². The normalized spacial score (nSPS) is 12.1. The summed E-state index contributed by atoms with van der Waals surface area (Å²) in [6.07, 6.45) is 0. The number of benzene rings is 1. The molecule has 1 aromatic carbocycles. The molecule has 2 amide bonds. The molecule has 1 unspecified atom stereocenters. The van der Waals surface area contributed by atoms with Crippen LogP contribution in [0.5, 0.6) is 0 Å². The molecule has 7 heteroatoms. The molecule has 0 saturated heterocycles. The number of urea groups is 1. The molecule has 0 aliphatic heterocycles. The molecule has 0 aliphatic rings. The summed E-state index contributed by atoms with van der Waals surface area (Å²) >= 11 is -2.06. The SMILES string of the molecule is NC(=O)Nc1cc(F)ccc1CS(=O)O. The van der Waals surface area contributed by atoms with E-state index in [0.717, 1.165) is 12.1 Å². The fraction of sp³-hybridized carbons (Fsp3) is 0.125. The van der Waals surface area contributed by atoms with E-state index in [2.05, 4.69) is 5.32 Å². The average Bonchev–Trinajstić information content (AvgIpc) is 2.08. The van der Waals surface area contributed by atoms with E-state index in [0.29, 0.717) is 5.56 Å². The van der Waals surface area contributed by atoms with Crippen LogP contribution in [0.15, 0.2) is 18.2 Å². The second-order valence-corrected chi connectivity index (χ2v) is 3.69. The van der Waals surface area contributed by atoms with Crippen molar-refractivity contribution in [2.75, 3.05) is 5.32 Å². The molecule has 1 aromatic rings. The van der Waals surface area contributed by atoms with Crippen LogP contribution in [0.4, 0.5) is 14.9 Å². The molecular formula is C8H9FN2O3S. The van der Waals surface area contributed by atoms with Crippen LogP contribution >= 0.6 is 0 Å². The van der Waals surface area contributed by atoms with E-state index in [9.17, 15) is 13.4 Å². The summed E-state index contributed by atoms with van der Waals surface area (Å²) < 4.78 is 32.0. The van der Waals surface area contributed by atoms with E-state index in [1.54, 1.807) is 0 Å². The molecule has 1 rings (SSSR count). The van der Waals surface area contributed by atoms with Gasteiger partial charge in [0.25, 0.3) is 0 Å². The first kappa shape index (κ1) is 11.6. The second-order valence-electron chi connectivity index (χ2n) is 2.76. The van der Waals surface area contributed by atoms with Crippen LogP contribution in [-0.4, -0.2) is 14.8 Å². The van der Waals surface area contributed by atoms with E-state index in [1.807, 2.05) is 0 Å². The molecular weight excluding hydrogens is 223 g/mol. The van der Waals surface area contributed by atoms with Crippen molar-refractivity contribution in [1.82, 2.24) is 0 Å². The van der Waals surface area contributed by atoms with Gasteiger partial charge in [-0.3, -0.25) is 0 Å². The fourth-order valence-corrected chi connectivity index (χ4v) is 1.57. The van der Waals surface area contributed by atoms with Gasteiger partial charge in [0, 0.05) is 5.69 Å². The Morgan fingerprint density at radius 2 is 2.27 bits per heavy atom. The number of hydrogen-bond donors (Lipinski definition) is 3. The van der Waals surface area contributed by atoms with E-state index < -0.39 is 22.9 Å². The third kappa shape index (κ3) is 3.64. The van der Waals surface area contributed by atoms with Gasteiger partial charge in [-0.15, -0.1) is 0 Å². The highest BCUT2D eigenvalue weighted by molar-refractivity contribution is 7.78. The van der Waals surface area contributed by atoms with Crippen molar-refractivity contribution in [3.8, 4) is 0 Å². The summed E-state index contributed by atoms with van der Waals surface area (Å²) in [5, 5.41) is 2.17. The number of carbonyl (C=O) groups excluding carboxylic acids is 1. The summed E-state index contributed by atoms with van der Waals surface area (Å²) in [5.74, 6) is -0.762. The lowest BCUT2D eigenvalue weighted by Crippen LogP contribution is -2.20. The van der Waals surface area contributed by atoms with Gasteiger partial charge in [0.15, 0.2) is 11.1 Å². The smallest absolute Gasteiger partial charge is 0.316 e. The molecule has 0 bridgehead atoms. The molecule has 0 aromatic heterocycles. The lowest BCUT2D eigenvalue weighted by atomic mass is 10.2. The maximum Gasteiger partial charge on any atom is 0.316 e. The summed E-state index contributed by atoms with van der Waals surface area (Å²) in [4.78, 5) is 10.6. The maximum atomic E-state index is 12.8. The van der Waals surface area contributed by atoms with Crippen LogP contribution in [0, 0.1) is 5.82 Å². The number of anilines is 1. The van der Waals surface area contributed by atoms with Gasteiger partial charge < -0.3 is 15.6 Å². The van der Waals surface area contributed by atoms with Crippen molar-refractivity contribution in [3.05, 3.63) is 29.6 Å². The van der Waals surface area contributed by atoms with Crippen molar-refractivity contribution < 1.29 is 17.9 Å². The first-order valence-corrected chi connectivity index (χ1v) is 5.19. The zero-order chi connectivity index (χ0) is 11.4. The number of nitrogens with two attached hydrogens (primary N) is 1. The van der Waals surface area contributed by atoms with E-state index in [-0.39, 0.29) is 11.4 Å². The molecule has 82 valence electrons. The monoisotopic (exact) mass is 232 g/mol. The minimum atomic E-state index is -2.06. The summed E-state index contributed by atoms with van der Waals surface area (Å²) in [5.41, 5.74) is 5.31. The largest absolute Gasteiger partial charge is 0.351 e. The number of primary amides is 1. The highest BCUT2D eigenvalue weighted by Crippen LogP contribution is 2.18. The number of halogens is 1. The minimum absolute atomic E-state index is 0.102. The lowest BCUT2D eigenvalue weighted by molar-refractivity contribution is 0.259. The molecule has 0 heterocycles. The van der Waals surface area contributed by atoms with Gasteiger partial charge in [-0.25, -0.2) is 13.4 Å². The van der Waals surface area contributed by atoms with Gasteiger partial charge in [-0.2, -0.15) is 0 Å². The van der Waals surface area contributed by atoms with Gasteiger partial charge >= 0.3 is 6.03 Å². The first-order valence-electron chi connectivity index (χ1n) is 3.91. The Hall–Kier alpha value is -1.47. The fourth-order valence-electron chi connectivity index (χ4n) is 1.06. The van der Waals surface area contributed by atoms with Crippen LogP contribution in [0.3, 0.4) is 0 Å². The maximum absolute atomic E-state index is 12.8. The van der Waals surface area contributed by atoms with Gasteiger partial charge in [-0.05, 0) is 17.7 Å². The Labute approximate surface area is 87.8 Å². The zero-order valence-corrected chi connectivity index (χ0v) is 8.38. The Morgan fingerprint density at radius 1 is 1.60 bits per heavy atom. The number of rotatable bonds is 3. The Bertz CT molecular complexity index is 411. The summed E-state index contributed by atoms with van der Waals surface area (Å²) in [7, 11) is 0. The van der Waals surface area contributed by atoms with Crippen molar-refractivity contribution in [3.63, 3.8) is 0 Å². The minimum Gasteiger partial charge on any atom is -0.351 e. The number of amides is 2. The number of hydrogen-bond acceptors (Lipinski definition) is 2. The standard InChI is InChI=1S/C8H9FN2O3S/c9-6-2-1-5(4-15(13)14)7(3-6)11-8(10)12/h1-3H,4H2,(H,13,14)(H3,10,11,12). The average molecular weight is 232 g/mol.